The van der Waals surface area contributed by atoms with E-state index in [-0.39, 0.29) is 5.91 Å². The second-order valence-electron chi connectivity index (χ2n) is 4.12. The van der Waals surface area contributed by atoms with Crippen molar-refractivity contribution in [1.82, 2.24) is 5.32 Å². The van der Waals surface area contributed by atoms with Crippen molar-refractivity contribution in [1.29, 1.82) is 5.26 Å². The van der Waals surface area contributed by atoms with Gasteiger partial charge in [0.25, 0.3) is 0 Å². The number of hydrogen-bond donors (Lipinski definition) is 1. The molecule has 1 aliphatic carbocycles. The third kappa shape index (κ3) is 2.32. The highest BCUT2D eigenvalue weighted by atomic mass is 16.5. The van der Waals surface area contributed by atoms with Gasteiger partial charge in [-0.05, 0) is 19.8 Å². The molecule has 5 nitrogen and oxygen atoms in total. The lowest BCUT2D eigenvalue weighted by molar-refractivity contribution is -0.145. The summed E-state index contributed by atoms with van der Waals surface area (Å²) in [6, 6.07) is 1.37. The van der Waals surface area contributed by atoms with E-state index in [2.05, 4.69) is 16.1 Å². The zero-order valence-electron chi connectivity index (χ0n) is 9.58. The fourth-order valence-electron chi connectivity index (χ4n) is 1.94. The van der Waals surface area contributed by atoms with Crippen molar-refractivity contribution in [3.8, 4) is 6.07 Å². The molecular weight excluding hydrogens is 208 g/mol. The summed E-state index contributed by atoms with van der Waals surface area (Å²) in [5, 5.41) is 11.6. The van der Waals surface area contributed by atoms with Crippen LogP contribution in [0.4, 0.5) is 0 Å². The Morgan fingerprint density at radius 3 is 2.44 bits per heavy atom. The predicted octanol–water partition coefficient (Wildman–Crippen LogP) is 0.748. The van der Waals surface area contributed by atoms with Gasteiger partial charge >= 0.3 is 5.97 Å². The lowest BCUT2D eigenvalue weighted by atomic mass is 9.87. The first-order valence-corrected chi connectivity index (χ1v) is 5.36. The molecule has 0 aliphatic heterocycles. The molecule has 1 N–H and O–H groups in total. The Labute approximate surface area is 94.8 Å². The third-order valence-electron chi connectivity index (χ3n) is 3.01. The van der Waals surface area contributed by atoms with Gasteiger partial charge in [0.05, 0.1) is 13.2 Å². The van der Waals surface area contributed by atoms with Crippen LogP contribution in [0, 0.1) is 16.7 Å². The van der Waals surface area contributed by atoms with Crippen molar-refractivity contribution in [3.63, 3.8) is 0 Å². The van der Waals surface area contributed by atoms with Crippen LogP contribution >= 0.6 is 0 Å². The summed E-state index contributed by atoms with van der Waals surface area (Å²) in [6.45, 7) is 1.55. The van der Waals surface area contributed by atoms with Gasteiger partial charge in [0.2, 0.25) is 5.91 Å². The van der Waals surface area contributed by atoms with Gasteiger partial charge in [-0.1, -0.05) is 12.8 Å². The van der Waals surface area contributed by atoms with E-state index < -0.39 is 17.4 Å². The maximum atomic E-state index is 11.9. The maximum absolute atomic E-state index is 11.9. The largest absolute Gasteiger partial charge is 0.467 e. The van der Waals surface area contributed by atoms with E-state index in [9.17, 15) is 9.59 Å². The smallest absolute Gasteiger partial charge is 0.328 e. The molecule has 0 heterocycles. The normalized spacial score (nSPS) is 19.6. The topological polar surface area (TPSA) is 79.2 Å². The minimum atomic E-state index is -0.942. The van der Waals surface area contributed by atoms with Crippen LogP contribution in [-0.2, 0) is 14.3 Å². The molecule has 0 saturated heterocycles. The van der Waals surface area contributed by atoms with Crippen molar-refractivity contribution < 1.29 is 14.3 Å². The van der Waals surface area contributed by atoms with Crippen LogP contribution in [0.15, 0.2) is 0 Å². The summed E-state index contributed by atoms with van der Waals surface area (Å²) in [5.74, 6) is -0.857. The first-order valence-electron chi connectivity index (χ1n) is 5.36. The van der Waals surface area contributed by atoms with Crippen molar-refractivity contribution in [2.45, 2.75) is 38.6 Å². The second kappa shape index (κ2) is 4.97. The Hall–Kier alpha value is -1.57. The SMILES string of the molecule is COC(=O)C(C)NC(=O)C1(C#N)CCCC1. The minimum absolute atomic E-state index is 0.356. The van der Waals surface area contributed by atoms with Crippen molar-refractivity contribution in [2.75, 3.05) is 7.11 Å². The van der Waals surface area contributed by atoms with Crippen molar-refractivity contribution in [2.24, 2.45) is 5.41 Å². The highest BCUT2D eigenvalue weighted by molar-refractivity contribution is 5.89. The number of nitriles is 1. The predicted molar refractivity (Wildman–Crippen MR) is 56.1 cm³/mol. The number of nitrogens with one attached hydrogen (secondary N) is 1. The van der Waals surface area contributed by atoms with E-state index in [0.717, 1.165) is 12.8 Å². The summed E-state index contributed by atoms with van der Waals surface area (Å²) >= 11 is 0. The van der Waals surface area contributed by atoms with Gasteiger partial charge in [-0.3, -0.25) is 4.79 Å². The minimum Gasteiger partial charge on any atom is -0.467 e. The zero-order valence-corrected chi connectivity index (χ0v) is 9.58. The molecule has 16 heavy (non-hydrogen) atoms. The number of carbonyl (C=O) groups excluding carboxylic acids is 2. The quantitative estimate of drug-likeness (QED) is 0.717. The molecule has 1 atom stereocenters. The summed E-state index contributed by atoms with van der Waals surface area (Å²) in [4.78, 5) is 23.0. The molecule has 5 heteroatoms. The molecule has 0 spiro atoms. The molecule has 1 saturated carbocycles. The number of methoxy groups -OCH3 is 1. The molecule has 0 aromatic rings. The molecule has 0 bridgehead atoms. The Morgan fingerprint density at radius 1 is 1.44 bits per heavy atom. The molecule has 1 fully saturated rings. The summed E-state index contributed by atoms with van der Waals surface area (Å²) < 4.78 is 4.51. The maximum Gasteiger partial charge on any atom is 0.328 e. The Balaban J connectivity index is 2.64. The lowest BCUT2D eigenvalue weighted by Gasteiger charge is -2.21. The van der Waals surface area contributed by atoms with Crippen LogP contribution in [0.3, 0.4) is 0 Å². The van der Waals surface area contributed by atoms with Gasteiger partial charge in [0.1, 0.15) is 11.5 Å². The fraction of sp³-hybridized carbons (Fsp3) is 0.727. The Kier molecular flexibility index (Phi) is 3.88. The highest BCUT2D eigenvalue weighted by Gasteiger charge is 2.42. The van der Waals surface area contributed by atoms with Gasteiger partial charge in [-0.2, -0.15) is 5.26 Å². The van der Waals surface area contributed by atoms with Gasteiger partial charge in [0, 0.05) is 0 Å². The number of ether oxygens (including phenoxy) is 1. The molecule has 88 valence electrons. The monoisotopic (exact) mass is 224 g/mol. The van der Waals surface area contributed by atoms with E-state index in [0.29, 0.717) is 12.8 Å². The molecule has 1 unspecified atom stereocenters. The molecule has 0 radical (unpaired) electrons. The summed E-state index contributed by atoms with van der Waals surface area (Å²) in [6.07, 6.45) is 2.91. The van der Waals surface area contributed by atoms with Crippen LogP contribution in [0.1, 0.15) is 32.6 Å². The fourth-order valence-corrected chi connectivity index (χ4v) is 1.94. The van der Waals surface area contributed by atoms with E-state index >= 15 is 0 Å². The Bertz CT molecular complexity index is 327. The number of esters is 1. The van der Waals surface area contributed by atoms with Gasteiger partial charge in [0.15, 0.2) is 0 Å². The standard InChI is InChI=1S/C11H16N2O3/c1-8(9(14)16-2)13-10(15)11(7-12)5-3-4-6-11/h8H,3-6H2,1-2H3,(H,13,15). The van der Waals surface area contributed by atoms with Crippen LogP contribution < -0.4 is 5.32 Å². The average Bonchev–Trinajstić information content (AvgIpc) is 2.77. The van der Waals surface area contributed by atoms with Crippen LogP contribution in [0.2, 0.25) is 0 Å². The van der Waals surface area contributed by atoms with Crippen LogP contribution in [0.25, 0.3) is 0 Å². The third-order valence-corrected chi connectivity index (χ3v) is 3.01. The summed E-state index contributed by atoms with van der Waals surface area (Å²) in [5.41, 5.74) is -0.942. The summed E-state index contributed by atoms with van der Waals surface area (Å²) in [7, 11) is 1.26. The van der Waals surface area contributed by atoms with Crippen molar-refractivity contribution in [3.05, 3.63) is 0 Å². The first kappa shape index (κ1) is 12.5. The van der Waals surface area contributed by atoms with E-state index in [1.165, 1.54) is 7.11 Å². The number of carbonyl (C=O) groups is 2. The van der Waals surface area contributed by atoms with Crippen molar-refractivity contribution >= 4 is 11.9 Å². The number of amides is 1. The van der Waals surface area contributed by atoms with E-state index in [1.54, 1.807) is 6.92 Å². The molecule has 1 aliphatic rings. The van der Waals surface area contributed by atoms with E-state index in [4.69, 9.17) is 5.26 Å². The molecule has 0 aromatic carbocycles. The number of rotatable bonds is 3. The second-order valence-corrected chi connectivity index (χ2v) is 4.12. The molecule has 1 rings (SSSR count). The van der Waals surface area contributed by atoms with Gasteiger partial charge in [-0.25, -0.2) is 4.79 Å². The average molecular weight is 224 g/mol. The molecule has 1 amide bonds. The van der Waals surface area contributed by atoms with Crippen LogP contribution in [-0.4, -0.2) is 25.0 Å². The van der Waals surface area contributed by atoms with Crippen LogP contribution in [0.5, 0.6) is 0 Å². The molecular formula is C11H16N2O3. The van der Waals surface area contributed by atoms with E-state index in [1.807, 2.05) is 0 Å². The zero-order chi connectivity index (χ0) is 12.2. The number of hydrogen-bond acceptors (Lipinski definition) is 4. The molecule has 0 aromatic heterocycles. The van der Waals surface area contributed by atoms with Gasteiger partial charge in [-0.15, -0.1) is 0 Å². The Morgan fingerprint density at radius 2 is 2.00 bits per heavy atom. The highest BCUT2D eigenvalue weighted by Crippen LogP contribution is 2.37. The lowest BCUT2D eigenvalue weighted by Crippen LogP contribution is -2.46. The number of nitrogens with zero attached hydrogens (tertiary/aromatic N) is 1. The first-order chi connectivity index (χ1) is 7.55. The van der Waals surface area contributed by atoms with Gasteiger partial charge < -0.3 is 10.1 Å².